The number of rotatable bonds is 11. The first-order valence-corrected chi connectivity index (χ1v) is 13.7. The van der Waals surface area contributed by atoms with Gasteiger partial charge in [0.2, 0.25) is 0 Å². The van der Waals surface area contributed by atoms with E-state index in [1.54, 1.807) is 18.9 Å². The van der Waals surface area contributed by atoms with Crippen LogP contribution < -0.4 is 10.2 Å². The van der Waals surface area contributed by atoms with E-state index < -0.39 is 0 Å². The van der Waals surface area contributed by atoms with Crippen LogP contribution in [0.25, 0.3) is 6.08 Å². The summed E-state index contributed by atoms with van der Waals surface area (Å²) >= 11 is 1.60. The van der Waals surface area contributed by atoms with E-state index in [2.05, 4.69) is 51.5 Å². The summed E-state index contributed by atoms with van der Waals surface area (Å²) in [6.45, 7) is 7.76. The van der Waals surface area contributed by atoms with Gasteiger partial charge in [-0.1, -0.05) is 66.4 Å². The molecule has 1 amide bonds. The first kappa shape index (κ1) is 26.9. The van der Waals surface area contributed by atoms with E-state index in [1.807, 2.05) is 43.3 Å². The largest absolute Gasteiger partial charge is 0.378 e. The fourth-order valence-corrected chi connectivity index (χ4v) is 4.96. The summed E-state index contributed by atoms with van der Waals surface area (Å²) in [5, 5.41) is 3.57. The van der Waals surface area contributed by atoms with E-state index in [0.717, 1.165) is 60.7 Å². The number of amides is 1. The first-order chi connectivity index (χ1) is 18.1. The number of thioether (sulfide) groups is 1. The molecule has 0 spiro atoms. The number of anilines is 1. The van der Waals surface area contributed by atoms with Crippen molar-refractivity contribution in [2.45, 2.75) is 24.4 Å². The number of methoxy groups -OCH3 is 1. The Balaban J connectivity index is 1.34. The van der Waals surface area contributed by atoms with Gasteiger partial charge in [0.05, 0.1) is 12.3 Å². The summed E-state index contributed by atoms with van der Waals surface area (Å²) in [6, 6.07) is 20.2. The third-order valence-electron chi connectivity index (χ3n) is 6.13. The molecule has 2 heterocycles. The summed E-state index contributed by atoms with van der Waals surface area (Å²) in [5.74, 6) is 1.64. The van der Waals surface area contributed by atoms with Crippen LogP contribution in [0.15, 0.2) is 71.9 Å². The average molecular weight is 518 g/mol. The Morgan fingerprint density at radius 2 is 1.81 bits per heavy atom. The van der Waals surface area contributed by atoms with Crippen LogP contribution in [-0.4, -0.2) is 67.2 Å². The second-order valence-corrected chi connectivity index (χ2v) is 9.82. The number of nitrogens with one attached hydrogen (secondary N) is 1. The monoisotopic (exact) mass is 517 g/mol. The zero-order valence-electron chi connectivity index (χ0n) is 21.6. The molecule has 0 bridgehead atoms. The Labute approximate surface area is 224 Å². The summed E-state index contributed by atoms with van der Waals surface area (Å²) in [4.78, 5) is 26.4. The van der Waals surface area contributed by atoms with Crippen LogP contribution in [0.2, 0.25) is 0 Å². The first-order valence-electron chi connectivity index (χ1n) is 12.7. The van der Waals surface area contributed by atoms with Crippen molar-refractivity contribution in [3.63, 3.8) is 0 Å². The van der Waals surface area contributed by atoms with Crippen LogP contribution in [0.4, 0.5) is 5.82 Å². The third-order valence-corrected chi connectivity index (χ3v) is 7.05. The van der Waals surface area contributed by atoms with Crippen LogP contribution in [0, 0.1) is 0 Å². The Morgan fingerprint density at radius 3 is 2.51 bits per heavy atom. The van der Waals surface area contributed by atoms with Crippen molar-refractivity contribution in [3.8, 4) is 0 Å². The van der Waals surface area contributed by atoms with Crippen LogP contribution in [0.5, 0.6) is 0 Å². The molecule has 1 fully saturated rings. The molecule has 0 aliphatic carbocycles. The number of nitrogens with zero attached hydrogens (tertiary/aromatic N) is 4. The smallest absolute Gasteiger partial charge is 0.251 e. The van der Waals surface area contributed by atoms with E-state index in [-0.39, 0.29) is 5.91 Å². The van der Waals surface area contributed by atoms with Gasteiger partial charge in [0.15, 0.2) is 5.16 Å². The molecule has 1 N–H and O–H groups in total. The maximum atomic E-state index is 12.0. The Morgan fingerprint density at radius 1 is 1.05 bits per heavy atom. The van der Waals surface area contributed by atoms with Crippen LogP contribution in [-0.2, 0) is 17.1 Å². The van der Waals surface area contributed by atoms with Crippen molar-refractivity contribution in [3.05, 3.63) is 89.1 Å². The number of hydrogen-bond donors (Lipinski definition) is 1. The van der Waals surface area contributed by atoms with E-state index in [1.165, 1.54) is 5.56 Å². The molecule has 0 radical (unpaired) electrons. The maximum absolute atomic E-state index is 12.0. The van der Waals surface area contributed by atoms with E-state index in [9.17, 15) is 4.79 Å². The normalized spacial score (nSPS) is 14.3. The number of carbonyl (C=O) groups excluding carboxylic acids is 1. The molecular weight excluding hydrogens is 482 g/mol. The molecule has 1 saturated heterocycles. The molecule has 7 nitrogen and oxygen atoms in total. The summed E-state index contributed by atoms with van der Waals surface area (Å²) in [6.07, 6.45) is 4.43. The van der Waals surface area contributed by atoms with Crippen LogP contribution in [0.3, 0.4) is 0 Å². The third kappa shape index (κ3) is 8.15. The van der Waals surface area contributed by atoms with Gasteiger partial charge in [-0.3, -0.25) is 9.69 Å². The fraction of sp³-hybridized carbons (Fsp3) is 0.345. The lowest BCUT2D eigenvalue weighted by Gasteiger charge is -2.35. The molecule has 1 aromatic heterocycles. The molecule has 8 heteroatoms. The minimum Gasteiger partial charge on any atom is -0.378 e. The zero-order valence-corrected chi connectivity index (χ0v) is 22.4. The highest BCUT2D eigenvalue weighted by Gasteiger charge is 2.19. The lowest BCUT2D eigenvalue weighted by molar-refractivity contribution is 0.0956. The number of piperazine rings is 1. The van der Waals surface area contributed by atoms with Gasteiger partial charge < -0.3 is 15.0 Å². The van der Waals surface area contributed by atoms with Crippen LogP contribution >= 0.6 is 11.8 Å². The van der Waals surface area contributed by atoms with Gasteiger partial charge in [-0.15, -0.1) is 0 Å². The number of ether oxygens (including phenoxy) is 1. The minimum absolute atomic E-state index is 0.0470. The fourth-order valence-electron chi connectivity index (χ4n) is 4.13. The van der Waals surface area contributed by atoms with Crippen molar-refractivity contribution in [2.75, 3.05) is 51.3 Å². The Kier molecular flexibility index (Phi) is 10.1. The lowest BCUT2D eigenvalue weighted by atomic mass is 10.1. The number of carbonyl (C=O) groups is 1. The number of hydrogen-bond acceptors (Lipinski definition) is 7. The second kappa shape index (κ2) is 13.9. The van der Waals surface area contributed by atoms with Gasteiger partial charge in [0.25, 0.3) is 5.91 Å². The topological polar surface area (TPSA) is 70.6 Å². The van der Waals surface area contributed by atoms with Crippen molar-refractivity contribution in [1.29, 1.82) is 0 Å². The molecule has 37 heavy (non-hydrogen) atoms. The van der Waals surface area contributed by atoms with Crippen molar-refractivity contribution in [2.24, 2.45) is 0 Å². The van der Waals surface area contributed by atoms with Gasteiger partial charge in [-0.05, 0) is 30.2 Å². The minimum atomic E-state index is -0.0470. The molecule has 194 valence electrons. The number of benzene rings is 2. The van der Waals surface area contributed by atoms with E-state index in [4.69, 9.17) is 14.7 Å². The molecule has 1 aliphatic rings. The average Bonchev–Trinajstić information content (AvgIpc) is 2.93. The summed E-state index contributed by atoms with van der Waals surface area (Å²) in [7, 11) is 1.69. The Bertz CT molecular complexity index is 1160. The lowest BCUT2D eigenvalue weighted by Crippen LogP contribution is -2.46. The van der Waals surface area contributed by atoms with Gasteiger partial charge in [0, 0.05) is 63.8 Å². The van der Waals surface area contributed by atoms with Gasteiger partial charge >= 0.3 is 0 Å². The van der Waals surface area contributed by atoms with Gasteiger partial charge in [-0.25, -0.2) is 9.97 Å². The predicted octanol–water partition coefficient (Wildman–Crippen LogP) is 4.50. The molecule has 0 unspecified atom stereocenters. The van der Waals surface area contributed by atoms with Crippen molar-refractivity contribution < 1.29 is 9.53 Å². The van der Waals surface area contributed by atoms with Crippen LogP contribution in [0.1, 0.15) is 34.1 Å². The summed E-state index contributed by atoms with van der Waals surface area (Å²) < 4.78 is 5.37. The highest BCUT2D eigenvalue weighted by Crippen LogP contribution is 2.24. The molecule has 2 aromatic carbocycles. The van der Waals surface area contributed by atoms with Crippen molar-refractivity contribution >= 4 is 29.6 Å². The number of aromatic nitrogens is 2. The molecule has 0 atom stereocenters. The molecule has 4 rings (SSSR count). The SMILES string of the molecule is CCNC(=O)c1ccc(CSc2nc(COC)cc(N3CCN(CC=Cc4ccccc4)CC3)n2)cc1. The standard InChI is InChI=1S/C29H35N5O2S/c1-3-30-28(35)25-13-11-24(12-14-25)22-37-29-31-26(21-36-2)20-27(32-29)34-18-16-33(17-19-34)15-7-10-23-8-5-4-6-9-23/h4-14,20H,3,15-19,21-22H2,1-2H3,(H,30,35). The van der Waals surface area contributed by atoms with E-state index >= 15 is 0 Å². The highest BCUT2D eigenvalue weighted by molar-refractivity contribution is 7.98. The highest BCUT2D eigenvalue weighted by atomic mass is 32.2. The molecule has 0 saturated carbocycles. The van der Waals surface area contributed by atoms with Gasteiger partial charge in [-0.2, -0.15) is 0 Å². The summed E-state index contributed by atoms with van der Waals surface area (Å²) in [5.41, 5.74) is 3.91. The maximum Gasteiger partial charge on any atom is 0.251 e. The quantitative estimate of drug-likeness (QED) is 0.297. The molecule has 1 aliphatic heterocycles. The van der Waals surface area contributed by atoms with Gasteiger partial charge in [0.1, 0.15) is 5.82 Å². The Hall–Kier alpha value is -3.20. The molecule has 3 aromatic rings. The molecular formula is C29H35N5O2S. The van der Waals surface area contributed by atoms with Crippen molar-refractivity contribution in [1.82, 2.24) is 20.2 Å². The van der Waals surface area contributed by atoms with E-state index in [0.29, 0.717) is 18.7 Å². The zero-order chi connectivity index (χ0) is 25.9. The predicted molar refractivity (Wildman–Crippen MR) is 151 cm³/mol. The second-order valence-electron chi connectivity index (χ2n) is 8.88.